The quantitative estimate of drug-likeness (QED) is 0.701. The number of halogens is 1. The maximum absolute atomic E-state index is 12.2. The van der Waals surface area contributed by atoms with Crippen molar-refractivity contribution in [2.24, 2.45) is 0 Å². The average Bonchev–Trinajstić information content (AvgIpc) is 3.25. The van der Waals surface area contributed by atoms with Crippen LogP contribution in [0.1, 0.15) is 12.2 Å². The number of likely N-dealkylation sites (N-methyl/N-ethyl adjacent to an activating group) is 1. The summed E-state index contributed by atoms with van der Waals surface area (Å²) in [5, 5.41) is 14.7. The topological polar surface area (TPSA) is 105 Å². The zero-order chi connectivity index (χ0) is 18.3. The Balaban J connectivity index is 1.69. The van der Waals surface area contributed by atoms with Crippen LogP contribution in [0.2, 0.25) is 5.28 Å². The van der Waals surface area contributed by atoms with Crippen molar-refractivity contribution in [1.29, 1.82) is 0 Å². The van der Waals surface area contributed by atoms with E-state index in [4.69, 9.17) is 16.1 Å². The summed E-state index contributed by atoms with van der Waals surface area (Å²) in [6.07, 6.45) is 1.80. The average molecular weight is 372 g/mol. The second kappa shape index (κ2) is 6.15. The van der Waals surface area contributed by atoms with Gasteiger partial charge in [-0.25, -0.2) is 15.0 Å². The standard InChI is InChI=1S/C17H14ClN5O3/c1-23-8-6-17(25,15(23)24)14-9-13(22-26-14)11-4-2-3-10(20-11)12-5-7-19-16(18)21-12/h2-5,7,9,25H,6,8H2,1H3/t17-/m1/s1. The number of hydrogen-bond donors (Lipinski definition) is 1. The van der Waals surface area contributed by atoms with Crippen LogP contribution in [0.15, 0.2) is 41.1 Å². The lowest BCUT2D eigenvalue weighted by Gasteiger charge is -2.16. The summed E-state index contributed by atoms with van der Waals surface area (Å²) in [6.45, 7) is 0.452. The highest BCUT2D eigenvalue weighted by molar-refractivity contribution is 6.28. The predicted molar refractivity (Wildman–Crippen MR) is 91.9 cm³/mol. The molecule has 3 aromatic rings. The van der Waals surface area contributed by atoms with Gasteiger partial charge in [-0.15, -0.1) is 0 Å². The van der Waals surface area contributed by atoms with E-state index in [-0.39, 0.29) is 17.5 Å². The first-order valence-corrected chi connectivity index (χ1v) is 8.27. The summed E-state index contributed by atoms with van der Waals surface area (Å²) >= 11 is 5.83. The van der Waals surface area contributed by atoms with Gasteiger partial charge in [0.2, 0.25) is 10.9 Å². The number of pyridine rings is 1. The lowest BCUT2D eigenvalue weighted by molar-refractivity contribution is -0.144. The molecule has 8 nitrogen and oxygen atoms in total. The normalized spacial score (nSPS) is 20.0. The van der Waals surface area contributed by atoms with E-state index >= 15 is 0 Å². The molecule has 1 N–H and O–H groups in total. The Morgan fingerprint density at radius 3 is 2.62 bits per heavy atom. The summed E-state index contributed by atoms with van der Waals surface area (Å²) in [6, 6.07) is 8.57. The van der Waals surface area contributed by atoms with E-state index in [9.17, 15) is 9.90 Å². The maximum Gasteiger partial charge on any atom is 0.262 e. The highest BCUT2D eigenvalue weighted by Crippen LogP contribution is 2.34. The molecule has 0 aromatic carbocycles. The fourth-order valence-electron chi connectivity index (χ4n) is 2.87. The number of nitrogens with zero attached hydrogens (tertiary/aromatic N) is 5. The lowest BCUT2D eigenvalue weighted by atomic mass is 9.98. The van der Waals surface area contributed by atoms with Crippen LogP contribution in [0.3, 0.4) is 0 Å². The molecule has 1 saturated heterocycles. The molecule has 4 rings (SSSR count). The second-order valence-corrected chi connectivity index (χ2v) is 6.37. The third-order valence-corrected chi connectivity index (χ3v) is 4.51. The van der Waals surface area contributed by atoms with Gasteiger partial charge in [0.1, 0.15) is 5.69 Å². The van der Waals surface area contributed by atoms with Crippen LogP contribution in [0.4, 0.5) is 0 Å². The van der Waals surface area contributed by atoms with Crippen LogP contribution < -0.4 is 0 Å². The fourth-order valence-corrected chi connectivity index (χ4v) is 3.02. The fraction of sp³-hybridized carbons (Fsp3) is 0.235. The van der Waals surface area contributed by atoms with Gasteiger partial charge in [-0.2, -0.15) is 0 Å². The number of carbonyl (C=O) groups is 1. The summed E-state index contributed by atoms with van der Waals surface area (Å²) in [7, 11) is 1.63. The van der Waals surface area contributed by atoms with E-state index < -0.39 is 11.5 Å². The summed E-state index contributed by atoms with van der Waals surface area (Å²) in [5.74, 6) is -0.295. The Labute approximate surface area is 153 Å². The van der Waals surface area contributed by atoms with E-state index in [0.717, 1.165) is 0 Å². The number of carbonyl (C=O) groups excluding carboxylic acids is 1. The van der Waals surface area contributed by atoms with Crippen LogP contribution in [-0.4, -0.2) is 49.6 Å². The first-order chi connectivity index (χ1) is 12.5. The molecule has 9 heteroatoms. The Morgan fingerprint density at radius 2 is 1.92 bits per heavy atom. The van der Waals surface area contributed by atoms with Gasteiger partial charge in [0, 0.05) is 32.3 Å². The predicted octanol–water partition coefficient (Wildman–Crippen LogP) is 1.90. The smallest absolute Gasteiger partial charge is 0.262 e. The first kappa shape index (κ1) is 16.6. The zero-order valence-electron chi connectivity index (χ0n) is 13.8. The molecule has 0 spiro atoms. The van der Waals surface area contributed by atoms with Crippen LogP contribution in [0.25, 0.3) is 22.8 Å². The molecule has 0 aliphatic carbocycles. The minimum absolute atomic E-state index is 0.110. The second-order valence-electron chi connectivity index (χ2n) is 6.03. The largest absolute Gasteiger partial charge is 0.373 e. The zero-order valence-corrected chi connectivity index (χ0v) is 14.5. The van der Waals surface area contributed by atoms with Gasteiger partial charge >= 0.3 is 0 Å². The van der Waals surface area contributed by atoms with Crippen molar-refractivity contribution in [3.8, 4) is 22.8 Å². The SMILES string of the molecule is CN1CC[C@@](O)(c2cc(-c3cccc(-c4ccnc(Cl)n4)n3)no2)C1=O. The van der Waals surface area contributed by atoms with Crippen LogP contribution in [-0.2, 0) is 10.4 Å². The van der Waals surface area contributed by atoms with Crippen molar-refractivity contribution in [2.45, 2.75) is 12.0 Å². The lowest BCUT2D eigenvalue weighted by Crippen LogP contribution is -2.35. The maximum atomic E-state index is 12.2. The van der Waals surface area contributed by atoms with Gasteiger partial charge in [-0.3, -0.25) is 4.79 Å². The first-order valence-electron chi connectivity index (χ1n) is 7.89. The number of likely N-dealkylation sites (tertiary alicyclic amines) is 1. The molecule has 0 saturated carbocycles. The third-order valence-electron chi connectivity index (χ3n) is 4.33. The molecule has 0 bridgehead atoms. The molecule has 1 amide bonds. The highest BCUT2D eigenvalue weighted by atomic mass is 35.5. The number of amides is 1. The van der Waals surface area contributed by atoms with E-state index in [0.29, 0.717) is 29.3 Å². The van der Waals surface area contributed by atoms with Crippen molar-refractivity contribution in [3.05, 3.63) is 47.6 Å². The molecule has 132 valence electrons. The van der Waals surface area contributed by atoms with Crippen LogP contribution in [0, 0.1) is 0 Å². The molecule has 1 aliphatic rings. The number of hydrogen-bond acceptors (Lipinski definition) is 7. The van der Waals surface area contributed by atoms with Gasteiger partial charge in [-0.1, -0.05) is 11.2 Å². The molecular formula is C17H14ClN5O3. The van der Waals surface area contributed by atoms with Crippen LogP contribution in [0.5, 0.6) is 0 Å². The summed E-state index contributed by atoms with van der Waals surface area (Å²) in [5.41, 5.74) is 0.415. The molecule has 3 aromatic heterocycles. The van der Waals surface area contributed by atoms with E-state index in [1.807, 2.05) is 0 Å². The van der Waals surface area contributed by atoms with Gasteiger partial charge in [0.05, 0.1) is 17.1 Å². The van der Waals surface area contributed by atoms with Gasteiger partial charge < -0.3 is 14.5 Å². The van der Waals surface area contributed by atoms with Crippen molar-refractivity contribution >= 4 is 17.5 Å². The minimum atomic E-state index is -1.68. The van der Waals surface area contributed by atoms with Gasteiger partial charge in [-0.05, 0) is 29.8 Å². The van der Waals surface area contributed by atoms with Gasteiger partial charge in [0.25, 0.3) is 5.91 Å². The van der Waals surface area contributed by atoms with Crippen molar-refractivity contribution in [3.63, 3.8) is 0 Å². The summed E-state index contributed by atoms with van der Waals surface area (Å²) in [4.78, 5) is 26.1. The molecular weight excluding hydrogens is 358 g/mol. The van der Waals surface area contributed by atoms with Crippen molar-refractivity contribution in [2.75, 3.05) is 13.6 Å². The Bertz CT molecular complexity index is 992. The summed E-state index contributed by atoms with van der Waals surface area (Å²) < 4.78 is 5.26. The molecule has 26 heavy (non-hydrogen) atoms. The van der Waals surface area contributed by atoms with Gasteiger partial charge in [0.15, 0.2) is 5.76 Å². The van der Waals surface area contributed by atoms with Crippen LogP contribution >= 0.6 is 11.6 Å². The molecule has 1 atom stereocenters. The van der Waals surface area contributed by atoms with Crippen molar-refractivity contribution < 1.29 is 14.4 Å². The number of aliphatic hydroxyl groups is 1. The molecule has 4 heterocycles. The Morgan fingerprint density at radius 1 is 1.19 bits per heavy atom. The van der Waals surface area contributed by atoms with E-state index in [1.165, 1.54) is 11.0 Å². The Kier molecular flexibility index (Phi) is 3.93. The van der Waals surface area contributed by atoms with E-state index in [1.54, 1.807) is 37.5 Å². The third kappa shape index (κ3) is 2.73. The monoisotopic (exact) mass is 371 g/mol. The minimum Gasteiger partial charge on any atom is -0.373 e. The Hall–Kier alpha value is -2.84. The number of aromatic nitrogens is 4. The van der Waals surface area contributed by atoms with Crippen molar-refractivity contribution in [1.82, 2.24) is 25.0 Å². The molecule has 1 fully saturated rings. The highest BCUT2D eigenvalue weighted by Gasteiger charge is 2.48. The number of rotatable bonds is 3. The molecule has 0 unspecified atom stereocenters. The van der Waals surface area contributed by atoms with E-state index in [2.05, 4.69) is 20.1 Å². The molecule has 0 radical (unpaired) electrons. The molecule has 1 aliphatic heterocycles.